The van der Waals surface area contributed by atoms with Crippen molar-refractivity contribution in [3.05, 3.63) is 77.5 Å². The van der Waals surface area contributed by atoms with Crippen molar-refractivity contribution in [3.63, 3.8) is 0 Å². The number of halogens is 2. The second kappa shape index (κ2) is 5.58. The molecule has 3 rings (SSSR count). The predicted molar refractivity (Wildman–Crippen MR) is 78.7 cm³/mol. The van der Waals surface area contributed by atoms with E-state index in [1.54, 1.807) is 0 Å². The fraction of sp³-hybridized carbons (Fsp3) is 0.118. The van der Waals surface area contributed by atoms with E-state index in [-0.39, 0.29) is 0 Å². The van der Waals surface area contributed by atoms with E-state index < -0.39 is 17.7 Å². The summed E-state index contributed by atoms with van der Waals surface area (Å²) in [5.74, 6) is -1.23. The molecule has 0 amide bonds. The monoisotopic (exact) mass is 284 g/mol. The lowest BCUT2D eigenvalue weighted by molar-refractivity contribution is 0.553. The Morgan fingerprint density at radius 1 is 1.00 bits per heavy atom. The fourth-order valence-electron chi connectivity index (χ4n) is 2.36. The van der Waals surface area contributed by atoms with Gasteiger partial charge in [0.1, 0.15) is 11.6 Å². The normalized spacial score (nSPS) is 12.5. The molecule has 4 heteroatoms. The van der Waals surface area contributed by atoms with Gasteiger partial charge in [-0.1, -0.05) is 30.3 Å². The Morgan fingerprint density at radius 3 is 2.62 bits per heavy atom. The molecule has 0 saturated carbocycles. The third-order valence-corrected chi connectivity index (χ3v) is 3.45. The molecule has 2 aromatic carbocycles. The highest BCUT2D eigenvalue weighted by molar-refractivity contribution is 5.78. The van der Waals surface area contributed by atoms with Crippen molar-refractivity contribution < 1.29 is 8.78 Å². The first kappa shape index (κ1) is 13.6. The van der Waals surface area contributed by atoms with Crippen LogP contribution in [0.25, 0.3) is 10.9 Å². The number of rotatable bonds is 3. The Hall–Kier alpha value is -2.33. The Balaban J connectivity index is 1.87. The molecule has 2 nitrogen and oxygen atoms in total. The maximum absolute atomic E-state index is 13.7. The van der Waals surface area contributed by atoms with Crippen LogP contribution in [-0.2, 0) is 6.42 Å². The van der Waals surface area contributed by atoms with Gasteiger partial charge in [-0.15, -0.1) is 0 Å². The van der Waals surface area contributed by atoms with Gasteiger partial charge in [0.2, 0.25) is 0 Å². The Kier molecular flexibility index (Phi) is 3.62. The molecule has 0 radical (unpaired) electrons. The average molecular weight is 284 g/mol. The van der Waals surface area contributed by atoms with E-state index in [2.05, 4.69) is 4.98 Å². The number of nitrogens with zero attached hydrogens (tertiary/aromatic N) is 1. The van der Waals surface area contributed by atoms with Crippen LogP contribution in [-0.4, -0.2) is 4.98 Å². The van der Waals surface area contributed by atoms with Crippen molar-refractivity contribution in [1.29, 1.82) is 0 Å². The summed E-state index contributed by atoms with van der Waals surface area (Å²) >= 11 is 0. The lowest BCUT2D eigenvalue weighted by atomic mass is 10.0. The van der Waals surface area contributed by atoms with Crippen molar-refractivity contribution >= 4 is 10.9 Å². The number of hydrogen-bond donors (Lipinski definition) is 1. The van der Waals surface area contributed by atoms with E-state index in [0.29, 0.717) is 12.0 Å². The molecule has 0 fully saturated rings. The van der Waals surface area contributed by atoms with Gasteiger partial charge < -0.3 is 5.73 Å². The molecule has 106 valence electrons. The maximum Gasteiger partial charge on any atom is 0.130 e. The van der Waals surface area contributed by atoms with E-state index in [0.717, 1.165) is 22.7 Å². The van der Waals surface area contributed by atoms with Gasteiger partial charge in [0.05, 0.1) is 5.52 Å². The van der Waals surface area contributed by atoms with Gasteiger partial charge >= 0.3 is 0 Å². The zero-order chi connectivity index (χ0) is 14.8. The lowest BCUT2D eigenvalue weighted by Gasteiger charge is -2.13. The SMILES string of the molecule is NC(Cc1ccc2ccccc2n1)c1ccc(F)cc1F. The number of nitrogens with two attached hydrogens (primary N) is 1. The molecule has 1 aromatic heterocycles. The smallest absolute Gasteiger partial charge is 0.130 e. The highest BCUT2D eigenvalue weighted by Crippen LogP contribution is 2.20. The second-order valence-corrected chi connectivity index (χ2v) is 4.97. The van der Waals surface area contributed by atoms with Gasteiger partial charge in [0.15, 0.2) is 0 Å². The number of aromatic nitrogens is 1. The van der Waals surface area contributed by atoms with Crippen LogP contribution in [0.2, 0.25) is 0 Å². The summed E-state index contributed by atoms with van der Waals surface area (Å²) in [6.45, 7) is 0. The summed E-state index contributed by atoms with van der Waals surface area (Å²) in [6, 6.07) is 14.5. The molecule has 0 aliphatic heterocycles. The molecule has 3 aromatic rings. The van der Waals surface area contributed by atoms with Gasteiger partial charge in [-0.25, -0.2) is 8.78 Å². The Morgan fingerprint density at radius 2 is 1.81 bits per heavy atom. The number of pyridine rings is 1. The van der Waals surface area contributed by atoms with Crippen molar-refractivity contribution in [1.82, 2.24) is 4.98 Å². The average Bonchev–Trinajstić information content (AvgIpc) is 2.47. The van der Waals surface area contributed by atoms with Crippen LogP contribution in [0.3, 0.4) is 0 Å². The molecule has 0 aliphatic carbocycles. The van der Waals surface area contributed by atoms with Gasteiger partial charge in [-0.3, -0.25) is 4.98 Å². The molecule has 21 heavy (non-hydrogen) atoms. The van der Waals surface area contributed by atoms with E-state index >= 15 is 0 Å². The molecule has 0 spiro atoms. The van der Waals surface area contributed by atoms with Crippen molar-refractivity contribution in [2.24, 2.45) is 5.73 Å². The molecular weight excluding hydrogens is 270 g/mol. The summed E-state index contributed by atoms with van der Waals surface area (Å²) in [4.78, 5) is 4.51. The predicted octanol–water partition coefficient (Wildman–Crippen LogP) is 3.76. The number of hydrogen-bond acceptors (Lipinski definition) is 2. The van der Waals surface area contributed by atoms with Gasteiger partial charge in [-0.05, 0) is 18.2 Å². The molecule has 1 unspecified atom stereocenters. The Labute approximate surface area is 121 Å². The van der Waals surface area contributed by atoms with Crippen molar-refractivity contribution in [3.8, 4) is 0 Å². The maximum atomic E-state index is 13.7. The van der Waals surface area contributed by atoms with E-state index in [1.165, 1.54) is 12.1 Å². The Bertz CT molecular complexity index is 787. The molecule has 2 N–H and O–H groups in total. The zero-order valence-corrected chi connectivity index (χ0v) is 11.3. The summed E-state index contributed by atoms with van der Waals surface area (Å²) in [6.07, 6.45) is 0.396. The van der Waals surface area contributed by atoms with Crippen molar-refractivity contribution in [2.45, 2.75) is 12.5 Å². The van der Waals surface area contributed by atoms with Crippen LogP contribution in [0.1, 0.15) is 17.3 Å². The first-order valence-corrected chi connectivity index (χ1v) is 6.69. The largest absolute Gasteiger partial charge is 0.324 e. The molecule has 0 saturated heterocycles. The third-order valence-electron chi connectivity index (χ3n) is 3.45. The topological polar surface area (TPSA) is 38.9 Å². The van der Waals surface area contributed by atoms with E-state index in [9.17, 15) is 8.78 Å². The van der Waals surface area contributed by atoms with Crippen LogP contribution in [0.4, 0.5) is 8.78 Å². The highest BCUT2D eigenvalue weighted by Gasteiger charge is 2.13. The van der Waals surface area contributed by atoms with Crippen LogP contribution >= 0.6 is 0 Å². The van der Waals surface area contributed by atoms with Crippen molar-refractivity contribution in [2.75, 3.05) is 0 Å². The van der Waals surface area contributed by atoms with Gasteiger partial charge in [0, 0.05) is 35.2 Å². The summed E-state index contributed by atoms with van der Waals surface area (Å²) in [7, 11) is 0. The third kappa shape index (κ3) is 2.90. The number of benzene rings is 2. The summed E-state index contributed by atoms with van der Waals surface area (Å²) in [5.41, 5.74) is 7.98. The minimum absolute atomic E-state index is 0.298. The van der Waals surface area contributed by atoms with Crippen LogP contribution < -0.4 is 5.73 Å². The fourth-order valence-corrected chi connectivity index (χ4v) is 2.36. The summed E-state index contributed by atoms with van der Waals surface area (Å²) < 4.78 is 26.6. The van der Waals surface area contributed by atoms with Gasteiger partial charge in [0.25, 0.3) is 0 Å². The van der Waals surface area contributed by atoms with Crippen LogP contribution in [0, 0.1) is 11.6 Å². The van der Waals surface area contributed by atoms with Crippen LogP contribution in [0.5, 0.6) is 0 Å². The minimum Gasteiger partial charge on any atom is -0.324 e. The molecule has 1 heterocycles. The van der Waals surface area contributed by atoms with E-state index in [1.807, 2.05) is 36.4 Å². The molecule has 1 atom stereocenters. The minimum atomic E-state index is -0.622. The standard InChI is InChI=1S/C17H14F2N2/c18-12-6-8-14(15(19)9-12)16(20)10-13-7-5-11-3-1-2-4-17(11)21-13/h1-9,16H,10,20H2. The number of para-hydroxylation sites is 1. The highest BCUT2D eigenvalue weighted by atomic mass is 19.1. The number of fused-ring (bicyclic) bond motifs is 1. The van der Waals surface area contributed by atoms with Crippen LogP contribution in [0.15, 0.2) is 54.6 Å². The first-order chi connectivity index (χ1) is 10.1. The van der Waals surface area contributed by atoms with E-state index in [4.69, 9.17) is 5.73 Å². The lowest BCUT2D eigenvalue weighted by Crippen LogP contribution is -2.15. The first-order valence-electron chi connectivity index (χ1n) is 6.69. The molecule has 0 aliphatic rings. The second-order valence-electron chi connectivity index (χ2n) is 4.97. The summed E-state index contributed by atoms with van der Waals surface area (Å²) in [5, 5.41) is 1.04. The quantitative estimate of drug-likeness (QED) is 0.795. The van der Waals surface area contributed by atoms with Gasteiger partial charge in [-0.2, -0.15) is 0 Å². The molecule has 0 bridgehead atoms. The molecular formula is C17H14F2N2. The zero-order valence-electron chi connectivity index (χ0n) is 11.3.